The van der Waals surface area contributed by atoms with Crippen LogP contribution in [-0.2, 0) is 4.74 Å². The van der Waals surface area contributed by atoms with Crippen molar-refractivity contribution in [1.29, 1.82) is 0 Å². The van der Waals surface area contributed by atoms with Gasteiger partial charge >= 0.3 is 5.97 Å². The first-order chi connectivity index (χ1) is 15.0. The van der Waals surface area contributed by atoms with Crippen LogP contribution in [-0.4, -0.2) is 32.1 Å². The molecule has 3 heterocycles. The van der Waals surface area contributed by atoms with Crippen molar-refractivity contribution < 1.29 is 13.9 Å². The molecule has 1 aromatic carbocycles. The third-order valence-corrected chi connectivity index (χ3v) is 4.64. The Morgan fingerprint density at radius 3 is 2.74 bits per heavy atom. The van der Waals surface area contributed by atoms with Gasteiger partial charge in [0.2, 0.25) is 5.95 Å². The van der Waals surface area contributed by atoms with Crippen LogP contribution in [0.1, 0.15) is 17.3 Å². The number of ether oxygens (including phenoxy) is 1. The van der Waals surface area contributed by atoms with Gasteiger partial charge in [0.25, 0.3) is 0 Å². The fourth-order valence-corrected chi connectivity index (χ4v) is 3.11. The molecule has 0 fully saturated rings. The van der Waals surface area contributed by atoms with Gasteiger partial charge in [0.05, 0.1) is 17.2 Å². The van der Waals surface area contributed by atoms with Crippen LogP contribution in [0.5, 0.6) is 0 Å². The second-order valence-corrected chi connectivity index (χ2v) is 6.87. The number of halogens is 2. The number of aromatic nitrogens is 4. The van der Waals surface area contributed by atoms with E-state index in [1.165, 1.54) is 18.3 Å². The minimum atomic E-state index is -0.509. The Morgan fingerprint density at radius 2 is 2.00 bits per heavy atom. The minimum absolute atomic E-state index is 0.00546. The van der Waals surface area contributed by atoms with Crippen molar-refractivity contribution >= 4 is 29.2 Å². The summed E-state index contributed by atoms with van der Waals surface area (Å²) in [6, 6.07) is 9.68. The first-order valence-electron chi connectivity index (χ1n) is 9.40. The number of rotatable bonds is 6. The summed E-state index contributed by atoms with van der Waals surface area (Å²) in [6.07, 6.45) is 8.38. The highest BCUT2D eigenvalue weighted by Gasteiger charge is 2.15. The normalized spacial score (nSPS) is 10.7. The summed E-state index contributed by atoms with van der Waals surface area (Å²) in [5.41, 5.74) is 2.20. The molecule has 1 N–H and O–H groups in total. The van der Waals surface area contributed by atoms with Crippen LogP contribution in [0.15, 0.2) is 67.4 Å². The summed E-state index contributed by atoms with van der Waals surface area (Å²) < 4.78 is 20.3. The lowest BCUT2D eigenvalue weighted by molar-refractivity contribution is 0.0526. The van der Waals surface area contributed by atoms with Gasteiger partial charge in [-0.1, -0.05) is 11.6 Å². The van der Waals surface area contributed by atoms with Gasteiger partial charge in [-0.2, -0.15) is 4.98 Å². The van der Waals surface area contributed by atoms with Crippen molar-refractivity contribution in [3.8, 4) is 16.9 Å². The molecule has 0 atom stereocenters. The number of benzene rings is 1. The van der Waals surface area contributed by atoms with Crippen LogP contribution < -0.4 is 5.32 Å². The molecule has 0 bridgehead atoms. The summed E-state index contributed by atoms with van der Waals surface area (Å²) in [7, 11) is 0. The van der Waals surface area contributed by atoms with E-state index in [1.807, 2.05) is 29.1 Å². The number of carbonyl (C=O) groups excluding carboxylic acids is 1. The van der Waals surface area contributed by atoms with Crippen LogP contribution in [0.3, 0.4) is 0 Å². The fourth-order valence-electron chi connectivity index (χ4n) is 2.93. The van der Waals surface area contributed by atoms with Crippen LogP contribution in [0.25, 0.3) is 16.9 Å². The molecular formula is C22H17ClFN5O2. The molecule has 156 valence electrons. The number of hydrogen-bond acceptors (Lipinski definition) is 6. The van der Waals surface area contributed by atoms with Gasteiger partial charge in [0, 0.05) is 47.8 Å². The number of carbonyl (C=O) groups is 1. The predicted octanol–water partition coefficient (Wildman–Crippen LogP) is 5.04. The van der Waals surface area contributed by atoms with Crippen molar-refractivity contribution in [2.45, 2.75) is 6.92 Å². The number of hydrogen-bond donors (Lipinski definition) is 1. The zero-order valence-electron chi connectivity index (χ0n) is 16.4. The summed E-state index contributed by atoms with van der Waals surface area (Å²) >= 11 is 5.86. The summed E-state index contributed by atoms with van der Waals surface area (Å²) in [6.45, 7) is 2.02. The average molecular weight is 438 g/mol. The molecule has 0 aliphatic carbocycles. The van der Waals surface area contributed by atoms with Crippen LogP contribution in [0, 0.1) is 5.82 Å². The van der Waals surface area contributed by atoms with E-state index in [0.717, 1.165) is 0 Å². The van der Waals surface area contributed by atoms with Crippen molar-refractivity contribution in [3.63, 3.8) is 0 Å². The number of nitrogens with zero attached hydrogens (tertiary/aromatic N) is 4. The molecule has 31 heavy (non-hydrogen) atoms. The predicted molar refractivity (Wildman–Crippen MR) is 115 cm³/mol. The van der Waals surface area contributed by atoms with Crippen molar-refractivity contribution in [2.75, 3.05) is 11.9 Å². The smallest absolute Gasteiger partial charge is 0.339 e. The number of anilines is 2. The van der Waals surface area contributed by atoms with E-state index < -0.39 is 11.8 Å². The minimum Gasteiger partial charge on any atom is -0.462 e. The average Bonchev–Trinajstić information content (AvgIpc) is 3.31. The molecule has 0 unspecified atom stereocenters. The van der Waals surface area contributed by atoms with E-state index in [0.29, 0.717) is 34.1 Å². The molecule has 9 heteroatoms. The Hall–Kier alpha value is -3.78. The van der Waals surface area contributed by atoms with Crippen molar-refractivity contribution in [2.24, 2.45) is 0 Å². The van der Waals surface area contributed by atoms with Gasteiger partial charge in [0.15, 0.2) is 0 Å². The lowest BCUT2D eigenvalue weighted by atomic mass is 10.1. The lowest BCUT2D eigenvalue weighted by Crippen LogP contribution is -2.07. The van der Waals surface area contributed by atoms with Gasteiger partial charge in [0.1, 0.15) is 11.6 Å². The first kappa shape index (κ1) is 20.5. The highest BCUT2D eigenvalue weighted by atomic mass is 35.5. The molecule has 4 rings (SSSR count). The number of pyridine rings is 1. The molecular weight excluding hydrogens is 421 g/mol. The molecule has 0 radical (unpaired) electrons. The third-order valence-electron chi connectivity index (χ3n) is 4.35. The SMILES string of the molecule is CCOC(=O)c1cncc(-c2cnc(Nc3ccc(F)c(Cl)c3)nc2-n2cccc2)c1. The van der Waals surface area contributed by atoms with Gasteiger partial charge < -0.3 is 14.6 Å². The van der Waals surface area contributed by atoms with Gasteiger partial charge in [-0.25, -0.2) is 14.2 Å². The van der Waals surface area contributed by atoms with E-state index >= 15 is 0 Å². The standard InChI is InChI=1S/C22H17ClFN5O2/c1-2-31-21(30)15-9-14(11-25-12-15)17-13-26-22(28-20(17)29-7-3-4-8-29)27-16-5-6-19(24)18(23)10-16/h3-13H,2H2,1H3,(H,26,27,28). The maximum atomic E-state index is 13.4. The van der Waals surface area contributed by atoms with Crippen LogP contribution in [0.4, 0.5) is 16.0 Å². The van der Waals surface area contributed by atoms with Crippen molar-refractivity contribution in [3.05, 3.63) is 83.8 Å². The molecule has 0 amide bonds. The fraction of sp³-hybridized carbons (Fsp3) is 0.0909. The first-order valence-corrected chi connectivity index (χ1v) is 9.78. The Balaban J connectivity index is 1.74. The third kappa shape index (κ3) is 4.54. The molecule has 0 aliphatic heterocycles. The van der Waals surface area contributed by atoms with E-state index in [9.17, 15) is 9.18 Å². The van der Waals surface area contributed by atoms with Crippen molar-refractivity contribution in [1.82, 2.24) is 19.5 Å². The van der Waals surface area contributed by atoms with Crippen LogP contribution >= 0.6 is 11.6 Å². The zero-order chi connectivity index (χ0) is 21.8. The lowest BCUT2D eigenvalue weighted by Gasteiger charge is -2.13. The molecule has 3 aromatic heterocycles. The topological polar surface area (TPSA) is 81.9 Å². The monoisotopic (exact) mass is 437 g/mol. The van der Waals surface area contributed by atoms with E-state index in [4.69, 9.17) is 16.3 Å². The Bertz CT molecular complexity index is 1230. The summed E-state index contributed by atoms with van der Waals surface area (Å²) in [5.74, 6) is -0.0969. The second kappa shape index (κ2) is 8.93. The van der Waals surface area contributed by atoms with E-state index in [1.54, 1.807) is 31.5 Å². The molecule has 0 aliphatic rings. The maximum absolute atomic E-state index is 13.4. The largest absolute Gasteiger partial charge is 0.462 e. The van der Waals surface area contributed by atoms with Gasteiger partial charge in [-0.05, 0) is 43.3 Å². The zero-order valence-corrected chi connectivity index (χ0v) is 17.2. The Kier molecular flexibility index (Phi) is 5.90. The van der Waals surface area contributed by atoms with E-state index in [-0.39, 0.29) is 11.6 Å². The van der Waals surface area contributed by atoms with Gasteiger partial charge in [-0.3, -0.25) is 4.98 Å². The Morgan fingerprint density at radius 1 is 1.19 bits per heavy atom. The maximum Gasteiger partial charge on any atom is 0.339 e. The molecule has 0 spiro atoms. The molecule has 0 saturated carbocycles. The quantitative estimate of drug-likeness (QED) is 0.425. The number of nitrogens with one attached hydrogen (secondary N) is 1. The van der Waals surface area contributed by atoms with E-state index in [2.05, 4.69) is 20.3 Å². The number of esters is 1. The molecule has 0 saturated heterocycles. The summed E-state index contributed by atoms with van der Waals surface area (Å²) in [5, 5.41) is 3.02. The highest BCUT2D eigenvalue weighted by Crippen LogP contribution is 2.28. The second-order valence-electron chi connectivity index (χ2n) is 6.46. The van der Waals surface area contributed by atoms with Crippen LogP contribution in [0.2, 0.25) is 5.02 Å². The summed E-state index contributed by atoms with van der Waals surface area (Å²) in [4.78, 5) is 25.2. The highest BCUT2D eigenvalue weighted by molar-refractivity contribution is 6.31. The Labute approximate surface area is 182 Å². The van der Waals surface area contributed by atoms with Gasteiger partial charge in [-0.15, -0.1) is 0 Å². The molecule has 4 aromatic rings. The molecule has 7 nitrogen and oxygen atoms in total.